The molecule has 0 aromatic carbocycles. The van der Waals surface area contributed by atoms with E-state index in [2.05, 4.69) is 16.2 Å². The quantitative estimate of drug-likeness (QED) is 0.745. The molecule has 0 aliphatic heterocycles. The number of hydrogen-bond acceptors (Lipinski definition) is 4. The Balaban J connectivity index is 2.80. The predicted octanol–water partition coefficient (Wildman–Crippen LogP) is 1.66. The van der Waals surface area contributed by atoms with Crippen LogP contribution in [0.1, 0.15) is 23.5 Å². The molecule has 0 spiro atoms. The van der Waals surface area contributed by atoms with E-state index >= 15 is 0 Å². The first-order valence-corrected chi connectivity index (χ1v) is 4.71. The fraction of sp³-hybridized carbons (Fsp3) is 0.333. The van der Waals surface area contributed by atoms with Gasteiger partial charge in [-0.15, -0.1) is 6.42 Å². The third kappa shape index (κ3) is 2.47. The van der Waals surface area contributed by atoms with Crippen molar-refractivity contribution in [3.63, 3.8) is 0 Å². The van der Waals surface area contributed by atoms with Crippen molar-refractivity contribution in [1.29, 1.82) is 0 Å². The molecule has 1 rings (SSSR count). The Bertz CT molecular complexity index is 390. The molecule has 0 saturated heterocycles. The molecular weight excluding hydrogens is 200 g/mol. The van der Waals surface area contributed by atoms with E-state index in [4.69, 9.17) is 11.5 Å². The van der Waals surface area contributed by atoms with E-state index in [1.54, 1.807) is 0 Å². The molecule has 0 atom stereocenters. The van der Waals surface area contributed by atoms with Crippen LogP contribution in [-0.4, -0.2) is 21.6 Å². The maximum Gasteiger partial charge on any atom is 0.347 e. The van der Waals surface area contributed by atoms with Crippen LogP contribution in [0.5, 0.6) is 0 Å². The summed E-state index contributed by atoms with van der Waals surface area (Å²) in [5.41, 5.74) is -0.520. The van der Waals surface area contributed by atoms with Crippen molar-refractivity contribution in [2.24, 2.45) is 0 Å². The molecule has 0 fully saturated rings. The van der Waals surface area contributed by atoms with Crippen molar-refractivity contribution in [3.8, 4) is 12.3 Å². The van der Waals surface area contributed by atoms with Gasteiger partial charge in [0.15, 0.2) is 5.13 Å². The topological polar surface area (TPSA) is 62.2 Å². The van der Waals surface area contributed by atoms with Crippen molar-refractivity contribution >= 4 is 22.4 Å². The Kier molecular flexibility index (Phi) is 2.77. The van der Waals surface area contributed by atoms with Gasteiger partial charge in [0.05, 0.1) is 11.7 Å². The summed E-state index contributed by atoms with van der Waals surface area (Å²) in [5.74, 6) is 1.56. The summed E-state index contributed by atoms with van der Waals surface area (Å²) >= 11 is 1.07. The zero-order chi connectivity index (χ0) is 10.8. The molecule has 4 nitrogen and oxygen atoms in total. The van der Waals surface area contributed by atoms with Crippen LogP contribution in [0, 0.1) is 12.3 Å². The van der Waals surface area contributed by atoms with Crippen LogP contribution in [0.3, 0.4) is 0 Å². The Hall–Kier alpha value is -1.54. The van der Waals surface area contributed by atoms with Crippen molar-refractivity contribution in [2.75, 3.05) is 5.32 Å². The van der Waals surface area contributed by atoms with Crippen LogP contribution >= 0.6 is 11.3 Å². The normalized spacial score (nSPS) is 10.6. The molecule has 1 aromatic heterocycles. The average Bonchev–Trinajstić information content (AvgIpc) is 2.52. The summed E-state index contributed by atoms with van der Waals surface area (Å²) in [6, 6.07) is 0. The van der Waals surface area contributed by atoms with E-state index in [1.807, 2.05) is 13.8 Å². The highest BCUT2D eigenvalue weighted by molar-refractivity contribution is 7.17. The van der Waals surface area contributed by atoms with Gasteiger partial charge in [0.2, 0.25) is 0 Å². The minimum absolute atomic E-state index is 0.195. The van der Waals surface area contributed by atoms with Crippen LogP contribution in [0.15, 0.2) is 6.20 Å². The summed E-state index contributed by atoms with van der Waals surface area (Å²) in [4.78, 5) is 14.6. The lowest BCUT2D eigenvalue weighted by Crippen LogP contribution is -2.28. The molecule has 0 aliphatic carbocycles. The number of carboxylic acids is 1. The van der Waals surface area contributed by atoms with Gasteiger partial charge in [0.1, 0.15) is 4.88 Å². The zero-order valence-electron chi connectivity index (χ0n) is 7.87. The molecule has 5 heteroatoms. The number of nitrogens with zero attached hydrogens (tertiary/aromatic N) is 1. The first kappa shape index (κ1) is 10.5. The number of carboxylic acid groups (broad SMARTS) is 1. The van der Waals surface area contributed by atoms with E-state index in [1.165, 1.54) is 6.20 Å². The van der Waals surface area contributed by atoms with Crippen LogP contribution < -0.4 is 5.32 Å². The Morgan fingerprint density at radius 1 is 1.79 bits per heavy atom. The number of anilines is 1. The highest BCUT2D eigenvalue weighted by Crippen LogP contribution is 2.21. The van der Waals surface area contributed by atoms with E-state index in [0.29, 0.717) is 5.13 Å². The van der Waals surface area contributed by atoms with E-state index < -0.39 is 11.5 Å². The fourth-order valence-electron chi connectivity index (χ4n) is 0.734. The summed E-state index contributed by atoms with van der Waals surface area (Å²) in [5, 5.41) is 12.1. The number of aromatic nitrogens is 1. The SMILES string of the molecule is C#CC(C)(C)Nc1ncc(C(=O)O)s1. The van der Waals surface area contributed by atoms with Crippen molar-refractivity contribution in [1.82, 2.24) is 4.98 Å². The van der Waals surface area contributed by atoms with Gasteiger partial charge in [0.25, 0.3) is 0 Å². The van der Waals surface area contributed by atoms with Gasteiger partial charge in [-0.3, -0.25) is 0 Å². The summed E-state index contributed by atoms with van der Waals surface area (Å²) < 4.78 is 0. The summed E-state index contributed by atoms with van der Waals surface area (Å²) in [6.07, 6.45) is 6.58. The lowest BCUT2D eigenvalue weighted by atomic mass is 10.1. The molecular formula is C9H10N2O2S. The average molecular weight is 210 g/mol. The molecule has 0 bridgehead atoms. The second-order valence-corrected chi connectivity index (χ2v) is 4.26. The molecule has 1 heterocycles. The molecule has 0 aliphatic rings. The molecule has 1 aromatic rings. The molecule has 0 amide bonds. The second kappa shape index (κ2) is 3.68. The Labute approximate surface area is 86.0 Å². The highest BCUT2D eigenvalue weighted by Gasteiger charge is 2.16. The van der Waals surface area contributed by atoms with Gasteiger partial charge in [-0.25, -0.2) is 9.78 Å². The van der Waals surface area contributed by atoms with Gasteiger partial charge >= 0.3 is 5.97 Å². The van der Waals surface area contributed by atoms with E-state index in [0.717, 1.165) is 11.3 Å². The Morgan fingerprint density at radius 3 is 2.86 bits per heavy atom. The molecule has 14 heavy (non-hydrogen) atoms. The summed E-state index contributed by atoms with van der Waals surface area (Å²) in [6.45, 7) is 3.63. The van der Waals surface area contributed by atoms with Crippen molar-refractivity contribution < 1.29 is 9.90 Å². The zero-order valence-corrected chi connectivity index (χ0v) is 8.68. The van der Waals surface area contributed by atoms with E-state index in [-0.39, 0.29) is 4.88 Å². The lowest BCUT2D eigenvalue weighted by molar-refractivity contribution is 0.0702. The highest BCUT2D eigenvalue weighted by atomic mass is 32.1. The van der Waals surface area contributed by atoms with Gasteiger partial charge in [-0.1, -0.05) is 17.3 Å². The minimum Gasteiger partial charge on any atom is -0.477 e. The maximum absolute atomic E-state index is 10.6. The standard InChI is InChI=1S/C9H10N2O2S/c1-4-9(2,3)11-8-10-5-6(14-8)7(12)13/h1,5H,2-3H3,(H,10,11)(H,12,13). The van der Waals surface area contributed by atoms with Gasteiger partial charge in [0, 0.05) is 0 Å². The number of terminal acetylenes is 1. The van der Waals surface area contributed by atoms with Crippen LogP contribution in [0.4, 0.5) is 5.13 Å². The number of aromatic carboxylic acids is 1. The van der Waals surface area contributed by atoms with Crippen LogP contribution in [0.25, 0.3) is 0 Å². The van der Waals surface area contributed by atoms with E-state index in [9.17, 15) is 4.79 Å². The van der Waals surface area contributed by atoms with Crippen molar-refractivity contribution in [3.05, 3.63) is 11.1 Å². The Morgan fingerprint density at radius 2 is 2.43 bits per heavy atom. The molecule has 2 N–H and O–H groups in total. The van der Waals surface area contributed by atoms with Crippen molar-refractivity contribution in [2.45, 2.75) is 19.4 Å². The number of nitrogens with one attached hydrogen (secondary N) is 1. The van der Waals surface area contributed by atoms with Gasteiger partial charge in [-0.05, 0) is 13.8 Å². The van der Waals surface area contributed by atoms with Crippen LogP contribution in [0.2, 0.25) is 0 Å². The maximum atomic E-state index is 10.6. The third-order valence-electron chi connectivity index (χ3n) is 1.50. The summed E-state index contributed by atoms with van der Waals surface area (Å²) in [7, 11) is 0. The molecule has 0 saturated carbocycles. The predicted molar refractivity (Wildman–Crippen MR) is 55.6 cm³/mol. The first-order valence-electron chi connectivity index (χ1n) is 3.90. The monoisotopic (exact) mass is 210 g/mol. The number of rotatable bonds is 3. The molecule has 0 unspecified atom stereocenters. The third-order valence-corrected chi connectivity index (χ3v) is 2.40. The van der Waals surface area contributed by atoms with Gasteiger partial charge < -0.3 is 10.4 Å². The number of hydrogen-bond donors (Lipinski definition) is 2. The van der Waals surface area contributed by atoms with Crippen LogP contribution in [-0.2, 0) is 0 Å². The smallest absolute Gasteiger partial charge is 0.347 e. The largest absolute Gasteiger partial charge is 0.477 e. The molecule has 74 valence electrons. The van der Waals surface area contributed by atoms with Gasteiger partial charge in [-0.2, -0.15) is 0 Å². The number of thiazole rings is 1. The minimum atomic E-state index is -0.978. The molecule has 0 radical (unpaired) electrons. The second-order valence-electron chi connectivity index (χ2n) is 3.23. The first-order chi connectivity index (χ1) is 6.44. The lowest BCUT2D eigenvalue weighted by Gasteiger charge is -2.18. The number of carbonyl (C=O) groups is 1. The fourth-order valence-corrected chi connectivity index (χ4v) is 1.55.